The molecule has 2 aromatic rings. The zero-order valence-corrected chi connectivity index (χ0v) is 12.1. The number of nitrogens with one attached hydrogen (secondary N) is 1. The summed E-state index contributed by atoms with van der Waals surface area (Å²) >= 11 is 7.39. The summed E-state index contributed by atoms with van der Waals surface area (Å²) in [5, 5.41) is 2.87. The summed E-state index contributed by atoms with van der Waals surface area (Å²) in [6.45, 7) is 0. The molecule has 0 spiro atoms. The van der Waals surface area contributed by atoms with Gasteiger partial charge < -0.3 is 5.32 Å². The summed E-state index contributed by atoms with van der Waals surface area (Å²) in [7, 11) is 0. The lowest BCUT2D eigenvalue weighted by atomic mass is 10.1. The van der Waals surface area contributed by atoms with Crippen LogP contribution in [0.4, 0.5) is 5.69 Å². The molecule has 4 heteroatoms. The molecular formula is C15H14ClNOS. The number of halogens is 1. The average molecular weight is 292 g/mol. The van der Waals surface area contributed by atoms with E-state index < -0.39 is 0 Å². The van der Waals surface area contributed by atoms with E-state index in [1.165, 1.54) is 4.90 Å². The minimum Gasteiger partial charge on any atom is -0.322 e. The number of rotatable bonds is 4. The van der Waals surface area contributed by atoms with Crippen LogP contribution in [0.3, 0.4) is 0 Å². The van der Waals surface area contributed by atoms with Crippen molar-refractivity contribution in [1.29, 1.82) is 0 Å². The first-order valence-electron chi connectivity index (χ1n) is 5.83. The van der Waals surface area contributed by atoms with Gasteiger partial charge in [-0.2, -0.15) is 0 Å². The molecule has 1 amide bonds. The Morgan fingerprint density at radius 3 is 2.26 bits per heavy atom. The van der Waals surface area contributed by atoms with Gasteiger partial charge in [-0.05, 0) is 48.2 Å². The Morgan fingerprint density at radius 1 is 1.11 bits per heavy atom. The second-order valence-corrected chi connectivity index (χ2v) is 5.16. The molecule has 19 heavy (non-hydrogen) atoms. The van der Waals surface area contributed by atoms with Crippen LogP contribution < -0.4 is 5.32 Å². The number of carbonyl (C=O) groups excluding carboxylic acids is 1. The maximum absolute atomic E-state index is 12.0. The highest BCUT2D eigenvalue weighted by atomic mass is 35.5. The van der Waals surface area contributed by atoms with E-state index in [-0.39, 0.29) is 5.91 Å². The predicted octanol–water partition coefficient (Wildman–Crippen LogP) is 4.40. The molecule has 2 nitrogen and oxygen atoms in total. The maximum atomic E-state index is 12.0. The Labute approximate surface area is 122 Å². The first-order valence-corrected chi connectivity index (χ1v) is 7.59. The van der Waals surface area contributed by atoms with Gasteiger partial charge in [0.15, 0.2) is 0 Å². The standard InChI is InChI=1S/C15H14ClNOS/c1-19-14-8-6-13(7-9-14)17-15(18)12-4-2-11(10-16)3-5-12/h2-9H,10H2,1H3,(H,17,18). The molecule has 2 rings (SSSR count). The van der Waals surface area contributed by atoms with Gasteiger partial charge in [0.2, 0.25) is 0 Å². The van der Waals surface area contributed by atoms with E-state index in [0.717, 1.165) is 11.3 Å². The molecule has 0 fully saturated rings. The van der Waals surface area contributed by atoms with Gasteiger partial charge in [-0.3, -0.25) is 4.79 Å². The SMILES string of the molecule is CSc1ccc(NC(=O)c2ccc(CCl)cc2)cc1. The van der Waals surface area contributed by atoms with Gasteiger partial charge in [-0.1, -0.05) is 12.1 Å². The van der Waals surface area contributed by atoms with Crippen molar-refractivity contribution in [2.24, 2.45) is 0 Å². The van der Waals surface area contributed by atoms with Gasteiger partial charge in [0, 0.05) is 22.0 Å². The number of anilines is 1. The van der Waals surface area contributed by atoms with E-state index in [0.29, 0.717) is 11.4 Å². The molecule has 0 aliphatic carbocycles. The first kappa shape index (κ1) is 14.0. The quantitative estimate of drug-likeness (QED) is 0.668. The van der Waals surface area contributed by atoms with Crippen molar-refractivity contribution in [3.8, 4) is 0 Å². The van der Waals surface area contributed by atoms with Crippen molar-refractivity contribution in [2.75, 3.05) is 11.6 Å². The highest BCUT2D eigenvalue weighted by molar-refractivity contribution is 7.98. The summed E-state index contributed by atoms with van der Waals surface area (Å²) < 4.78 is 0. The third kappa shape index (κ3) is 3.75. The smallest absolute Gasteiger partial charge is 0.255 e. The topological polar surface area (TPSA) is 29.1 Å². The van der Waals surface area contributed by atoms with Gasteiger partial charge in [0.25, 0.3) is 5.91 Å². The molecule has 0 bridgehead atoms. The first-order chi connectivity index (χ1) is 9.22. The Hall–Kier alpha value is -1.45. The molecule has 0 atom stereocenters. The molecule has 1 N–H and O–H groups in total. The zero-order chi connectivity index (χ0) is 13.7. The molecule has 0 radical (unpaired) electrons. The fourth-order valence-corrected chi connectivity index (χ4v) is 2.21. The summed E-state index contributed by atoms with van der Waals surface area (Å²) in [5.41, 5.74) is 2.43. The van der Waals surface area contributed by atoms with Crippen LogP contribution in [0.1, 0.15) is 15.9 Å². The van der Waals surface area contributed by atoms with Crippen LogP contribution >= 0.6 is 23.4 Å². The van der Waals surface area contributed by atoms with Crippen LogP contribution in [0.5, 0.6) is 0 Å². The van der Waals surface area contributed by atoms with Crippen LogP contribution in [-0.4, -0.2) is 12.2 Å². The molecule has 0 saturated heterocycles. The summed E-state index contributed by atoms with van der Waals surface area (Å²) in [5.74, 6) is 0.343. The average Bonchev–Trinajstić information content (AvgIpc) is 2.48. The van der Waals surface area contributed by atoms with Crippen molar-refractivity contribution in [3.05, 3.63) is 59.7 Å². The van der Waals surface area contributed by atoms with E-state index in [1.807, 2.05) is 42.7 Å². The third-order valence-corrected chi connectivity index (χ3v) is 3.77. The van der Waals surface area contributed by atoms with E-state index in [1.54, 1.807) is 23.9 Å². The number of amides is 1. The fourth-order valence-electron chi connectivity index (χ4n) is 1.62. The summed E-state index contributed by atoms with van der Waals surface area (Å²) in [6.07, 6.45) is 2.02. The zero-order valence-electron chi connectivity index (χ0n) is 10.5. The summed E-state index contributed by atoms with van der Waals surface area (Å²) in [4.78, 5) is 13.2. The largest absolute Gasteiger partial charge is 0.322 e. The van der Waals surface area contributed by atoms with E-state index >= 15 is 0 Å². The molecule has 0 aliphatic rings. The van der Waals surface area contributed by atoms with Crippen molar-refractivity contribution < 1.29 is 4.79 Å². The minimum absolute atomic E-state index is 0.113. The molecule has 2 aromatic carbocycles. The lowest BCUT2D eigenvalue weighted by molar-refractivity contribution is 0.102. The number of alkyl halides is 1. The van der Waals surface area contributed by atoms with Gasteiger partial charge in [-0.15, -0.1) is 23.4 Å². The predicted molar refractivity (Wildman–Crippen MR) is 82.2 cm³/mol. The lowest BCUT2D eigenvalue weighted by Gasteiger charge is -2.06. The van der Waals surface area contributed by atoms with E-state index in [9.17, 15) is 4.79 Å². The molecular weight excluding hydrogens is 278 g/mol. The van der Waals surface area contributed by atoms with Gasteiger partial charge in [0.1, 0.15) is 0 Å². The normalized spacial score (nSPS) is 10.2. The monoisotopic (exact) mass is 291 g/mol. The third-order valence-electron chi connectivity index (χ3n) is 2.72. The van der Waals surface area contributed by atoms with Gasteiger partial charge >= 0.3 is 0 Å². The van der Waals surface area contributed by atoms with E-state index in [2.05, 4.69) is 5.32 Å². The Bertz CT molecular complexity index is 551. The van der Waals surface area contributed by atoms with Crippen LogP contribution in [0.2, 0.25) is 0 Å². The number of benzene rings is 2. The molecule has 0 aromatic heterocycles. The fraction of sp³-hybridized carbons (Fsp3) is 0.133. The Balaban J connectivity index is 2.06. The van der Waals surface area contributed by atoms with Crippen LogP contribution in [0.15, 0.2) is 53.4 Å². The van der Waals surface area contributed by atoms with Gasteiger partial charge in [-0.25, -0.2) is 0 Å². The maximum Gasteiger partial charge on any atom is 0.255 e. The van der Waals surface area contributed by atoms with Crippen molar-refractivity contribution in [2.45, 2.75) is 10.8 Å². The van der Waals surface area contributed by atoms with Crippen LogP contribution in [-0.2, 0) is 5.88 Å². The molecule has 0 saturated carbocycles. The highest BCUT2D eigenvalue weighted by Gasteiger charge is 2.05. The second-order valence-electron chi connectivity index (χ2n) is 4.01. The number of carbonyl (C=O) groups is 1. The van der Waals surface area contributed by atoms with Crippen LogP contribution in [0, 0.1) is 0 Å². The van der Waals surface area contributed by atoms with Crippen molar-refractivity contribution in [3.63, 3.8) is 0 Å². The molecule has 0 aliphatic heterocycles. The van der Waals surface area contributed by atoms with Gasteiger partial charge in [0.05, 0.1) is 0 Å². The lowest BCUT2D eigenvalue weighted by Crippen LogP contribution is -2.11. The van der Waals surface area contributed by atoms with E-state index in [4.69, 9.17) is 11.6 Å². The number of thioether (sulfide) groups is 1. The summed E-state index contributed by atoms with van der Waals surface area (Å²) in [6, 6.07) is 15.0. The minimum atomic E-state index is -0.113. The van der Waals surface area contributed by atoms with Crippen LogP contribution in [0.25, 0.3) is 0 Å². The Morgan fingerprint density at radius 2 is 1.74 bits per heavy atom. The van der Waals surface area contributed by atoms with Crippen molar-refractivity contribution >= 4 is 35.0 Å². The highest BCUT2D eigenvalue weighted by Crippen LogP contribution is 2.18. The molecule has 0 unspecified atom stereocenters. The number of hydrogen-bond donors (Lipinski definition) is 1. The molecule has 0 heterocycles. The molecule has 98 valence electrons. The number of hydrogen-bond acceptors (Lipinski definition) is 2. The second kappa shape index (κ2) is 6.64. The van der Waals surface area contributed by atoms with Crippen molar-refractivity contribution in [1.82, 2.24) is 0 Å². The Kier molecular flexibility index (Phi) is 4.88.